The van der Waals surface area contributed by atoms with E-state index in [1.165, 1.54) is 44.4 Å². The molecule has 7 aromatic carbocycles. The van der Waals surface area contributed by atoms with Crippen molar-refractivity contribution in [2.24, 2.45) is 0 Å². The Morgan fingerprint density at radius 1 is 0.491 bits per heavy atom. The number of nitrogens with zero attached hydrogens (tertiary/aromatic N) is 4. The minimum Gasteiger partial charge on any atom is -0.457 e. The maximum atomic E-state index is 6.72. The highest BCUT2D eigenvalue weighted by Gasteiger charge is 2.51. The average molecular weight is 731 g/mol. The molecule has 0 unspecified atom stereocenters. The predicted octanol–water partition coefficient (Wildman–Crippen LogP) is 12.2. The van der Waals surface area contributed by atoms with Crippen LogP contribution in [0.15, 0.2) is 176 Å². The van der Waals surface area contributed by atoms with E-state index in [9.17, 15) is 0 Å². The van der Waals surface area contributed by atoms with Crippen LogP contribution in [0.25, 0.3) is 68.0 Å². The number of fused-ring (bicyclic) bond motifs is 12. The van der Waals surface area contributed by atoms with Crippen LogP contribution in [0.3, 0.4) is 0 Å². The number of aromatic nitrogens is 4. The SMILES string of the molecule is C1=Cc2c(n(-c3ccc(-c4nc(-c5ccccc5)nc(-c5ccc6c(c5)C5(c7ccccc7O6)c6ccccc6-c6ccccc65)n4)cc3)c3ccccc23)CC1. The van der Waals surface area contributed by atoms with Crippen LogP contribution in [-0.2, 0) is 11.8 Å². The lowest BCUT2D eigenvalue weighted by atomic mass is 9.66. The van der Waals surface area contributed by atoms with E-state index < -0.39 is 5.41 Å². The molecule has 0 N–H and O–H groups in total. The number of ether oxygens (including phenoxy) is 1. The first-order valence-electron chi connectivity index (χ1n) is 19.6. The molecule has 2 aromatic heterocycles. The van der Waals surface area contributed by atoms with Crippen molar-refractivity contribution >= 4 is 17.0 Å². The molecule has 2 aliphatic carbocycles. The summed E-state index contributed by atoms with van der Waals surface area (Å²) < 4.78 is 9.13. The van der Waals surface area contributed by atoms with Crippen molar-refractivity contribution in [3.05, 3.63) is 209 Å². The van der Waals surface area contributed by atoms with Gasteiger partial charge in [-0.1, -0.05) is 127 Å². The largest absolute Gasteiger partial charge is 0.457 e. The van der Waals surface area contributed by atoms with Gasteiger partial charge in [-0.25, -0.2) is 15.0 Å². The minimum absolute atomic E-state index is 0.584. The van der Waals surface area contributed by atoms with E-state index in [0.29, 0.717) is 17.5 Å². The average Bonchev–Trinajstić information content (AvgIpc) is 3.78. The molecule has 3 aliphatic rings. The molecular formula is C52H34N4O. The van der Waals surface area contributed by atoms with E-state index in [0.717, 1.165) is 57.8 Å². The van der Waals surface area contributed by atoms with Crippen molar-refractivity contribution in [3.63, 3.8) is 0 Å². The molecule has 57 heavy (non-hydrogen) atoms. The zero-order valence-corrected chi connectivity index (χ0v) is 30.9. The number of rotatable bonds is 4. The number of allylic oxidation sites excluding steroid dienone is 1. The molecule has 0 saturated heterocycles. The monoisotopic (exact) mass is 730 g/mol. The van der Waals surface area contributed by atoms with Crippen LogP contribution >= 0.6 is 0 Å². The number of hydrogen-bond donors (Lipinski definition) is 0. The summed E-state index contributed by atoms with van der Waals surface area (Å²) in [7, 11) is 0. The van der Waals surface area contributed by atoms with Crippen molar-refractivity contribution in [1.82, 2.24) is 19.5 Å². The Balaban J connectivity index is 1.03. The lowest BCUT2D eigenvalue weighted by molar-refractivity contribution is 0.436. The van der Waals surface area contributed by atoms with Gasteiger partial charge in [-0.15, -0.1) is 0 Å². The summed E-state index contributed by atoms with van der Waals surface area (Å²) in [5.41, 5.74) is 14.4. The summed E-state index contributed by atoms with van der Waals surface area (Å²) in [6.07, 6.45) is 6.61. The summed E-state index contributed by atoms with van der Waals surface area (Å²) >= 11 is 0. The highest BCUT2D eigenvalue weighted by Crippen LogP contribution is 2.62. The first-order chi connectivity index (χ1) is 28.3. The molecule has 0 amide bonds. The van der Waals surface area contributed by atoms with E-state index >= 15 is 0 Å². The molecule has 0 radical (unpaired) electrons. The van der Waals surface area contributed by atoms with E-state index in [-0.39, 0.29) is 0 Å². The molecule has 9 aromatic rings. The quantitative estimate of drug-likeness (QED) is 0.181. The van der Waals surface area contributed by atoms with Gasteiger partial charge < -0.3 is 9.30 Å². The molecule has 5 heteroatoms. The molecule has 3 heterocycles. The minimum atomic E-state index is -0.584. The van der Waals surface area contributed by atoms with Crippen LogP contribution in [0, 0.1) is 0 Å². The third-order valence-corrected chi connectivity index (χ3v) is 12.0. The van der Waals surface area contributed by atoms with E-state index in [2.05, 4.69) is 168 Å². The van der Waals surface area contributed by atoms with Crippen LogP contribution in [-0.4, -0.2) is 19.5 Å². The van der Waals surface area contributed by atoms with E-state index in [1.54, 1.807) is 0 Å². The smallest absolute Gasteiger partial charge is 0.164 e. The van der Waals surface area contributed by atoms with Crippen LogP contribution < -0.4 is 4.74 Å². The van der Waals surface area contributed by atoms with Crippen LogP contribution in [0.2, 0.25) is 0 Å². The van der Waals surface area contributed by atoms with Gasteiger partial charge in [-0.2, -0.15) is 0 Å². The third-order valence-electron chi connectivity index (χ3n) is 12.0. The Hall–Kier alpha value is -7.37. The first kappa shape index (κ1) is 31.9. The summed E-state index contributed by atoms with van der Waals surface area (Å²) in [6, 6.07) is 60.0. The summed E-state index contributed by atoms with van der Waals surface area (Å²) in [6.45, 7) is 0. The van der Waals surface area contributed by atoms with Gasteiger partial charge in [0, 0.05) is 50.1 Å². The molecule has 1 spiro atoms. The van der Waals surface area contributed by atoms with Gasteiger partial charge >= 0.3 is 0 Å². The second-order valence-corrected chi connectivity index (χ2v) is 15.0. The summed E-state index contributed by atoms with van der Waals surface area (Å²) in [5.74, 6) is 3.55. The molecule has 0 fully saturated rings. The second kappa shape index (κ2) is 12.3. The molecule has 0 atom stereocenters. The van der Waals surface area contributed by atoms with Gasteiger partial charge in [0.05, 0.1) is 10.9 Å². The Kier molecular flexibility index (Phi) is 6.90. The predicted molar refractivity (Wildman–Crippen MR) is 228 cm³/mol. The maximum absolute atomic E-state index is 6.72. The van der Waals surface area contributed by atoms with Crippen molar-refractivity contribution in [1.29, 1.82) is 0 Å². The van der Waals surface area contributed by atoms with E-state index in [1.807, 2.05) is 18.2 Å². The fraction of sp³-hybridized carbons (Fsp3) is 0.0577. The van der Waals surface area contributed by atoms with Gasteiger partial charge in [-0.3, -0.25) is 0 Å². The van der Waals surface area contributed by atoms with Gasteiger partial charge in [-0.05, 0) is 89.7 Å². The molecule has 0 bridgehead atoms. The van der Waals surface area contributed by atoms with Crippen molar-refractivity contribution in [2.45, 2.75) is 18.3 Å². The van der Waals surface area contributed by atoms with Crippen LogP contribution in [0.4, 0.5) is 0 Å². The standard InChI is InChI=1S/C52H34N4O/c1-2-14-33(15-3-1)49-53-50(34-26-29-36(30-27-34)56-45-23-11-6-18-39(45)40-19-7-12-24-46(40)56)55-51(54-49)35-28-31-48-44(32-35)52(43-22-10-13-25-47(43)57-48)41-20-8-4-16-37(41)38-17-5-9-21-42(38)52/h1-11,13-23,25-32H,12,24H2. The fourth-order valence-electron chi connectivity index (χ4n) is 9.57. The highest BCUT2D eigenvalue weighted by molar-refractivity contribution is 5.93. The lowest BCUT2D eigenvalue weighted by Crippen LogP contribution is -2.32. The number of benzene rings is 7. The topological polar surface area (TPSA) is 52.8 Å². The molecule has 5 nitrogen and oxygen atoms in total. The van der Waals surface area contributed by atoms with Crippen molar-refractivity contribution < 1.29 is 4.74 Å². The van der Waals surface area contributed by atoms with Gasteiger partial charge in [0.1, 0.15) is 11.5 Å². The number of hydrogen-bond acceptors (Lipinski definition) is 4. The Labute approximate surface area is 330 Å². The molecule has 12 rings (SSSR count). The zero-order valence-electron chi connectivity index (χ0n) is 30.9. The Morgan fingerprint density at radius 3 is 1.82 bits per heavy atom. The molecular weight excluding hydrogens is 697 g/mol. The van der Waals surface area contributed by atoms with Crippen LogP contribution in [0.5, 0.6) is 11.5 Å². The Morgan fingerprint density at radius 2 is 1.07 bits per heavy atom. The molecule has 1 aliphatic heterocycles. The van der Waals surface area contributed by atoms with Crippen molar-refractivity contribution in [3.8, 4) is 62.5 Å². The molecule has 0 saturated carbocycles. The second-order valence-electron chi connectivity index (χ2n) is 15.0. The first-order valence-corrected chi connectivity index (χ1v) is 19.6. The Bertz CT molecular complexity index is 3060. The lowest BCUT2D eigenvalue weighted by Gasteiger charge is -2.39. The number of para-hydroxylation sites is 2. The third kappa shape index (κ3) is 4.66. The van der Waals surface area contributed by atoms with Gasteiger partial charge in [0.15, 0.2) is 17.5 Å². The van der Waals surface area contributed by atoms with Crippen LogP contribution in [0.1, 0.15) is 39.9 Å². The summed E-state index contributed by atoms with van der Waals surface area (Å²) in [4.78, 5) is 15.5. The van der Waals surface area contributed by atoms with E-state index in [4.69, 9.17) is 19.7 Å². The van der Waals surface area contributed by atoms with Gasteiger partial charge in [0.2, 0.25) is 0 Å². The zero-order chi connectivity index (χ0) is 37.5. The fourth-order valence-corrected chi connectivity index (χ4v) is 9.57. The highest BCUT2D eigenvalue weighted by atomic mass is 16.5. The van der Waals surface area contributed by atoms with Crippen molar-refractivity contribution in [2.75, 3.05) is 0 Å². The maximum Gasteiger partial charge on any atom is 0.164 e. The molecule has 268 valence electrons. The normalized spacial score (nSPS) is 14.0. The van der Waals surface area contributed by atoms with Gasteiger partial charge in [0.25, 0.3) is 0 Å². The summed E-state index contributed by atoms with van der Waals surface area (Å²) in [5, 5.41) is 1.28.